The lowest BCUT2D eigenvalue weighted by Gasteiger charge is -2.20. The van der Waals surface area contributed by atoms with Gasteiger partial charge in [0.1, 0.15) is 0 Å². The van der Waals surface area contributed by atoms with Gasteiger partial charge in [0.05, 0.1) is 5.92 Å². The van der Waals surface area contributed by atoms with Crippen molar-refractivity contribution in [2.75, 3.05) is 19.6 Å². The van der Waals surface area contributed by atoms with Gasteiger partial charge in [0.2, 0.25) is 0 Å². The van der Waals surface area contributed by atoms with Crippen molar-refractivity contribution in [1.29, 1.82) is 0 Å². The van der Waals surface area contributed by atoms with Crippen LogP contribution in [-0.2, 0) is 4.79 Å². The van der Waals surface area contributed by atoms with E-state index in [0.29, 0.717) is 0 Å². The van der Waals surface area contributed by atoms with Crippen LogP contribution >= 0.6 is 0 Å². The van der Waals surface area contributed by atoms with E-state index in [1.807, 2.05) is 0 Å². The van der Waals surface area contributed by atoms with Crippen LogP contribution in [0.4, 0.5) is 0 Å². The van der Waals surface area contributed by atoms with Crippen LogP contribution in [0.3, 0.4) is 0 Å². The topological polar surface area (TPSA) is 40.5 Å². The van der Waals surface area contributed by atoms with E-state index in [2.05, 4.69) is 25.7 Å². The van der Waals surface area contributed by atoms with Gasteiger partial charge >= 0.3 is 5.97 Å². The van der Waals surface area contributed by atoms with Crippen molar-refractivity contribution in [3.63, 3.8) is 0 Å². The lowest BCUT2D eigenvalue weighted by Crippen LogP contribution is -2.27. The molecule has 1 N–H and O–H groups in total. The molecule has 15 heavy (non-hydrogen) atoms. The fraction of sp³-hybridized carbons (Fsp3) is 0.917. The van der Waals surface area contributed by atoms with E-state index < -0.39 is 5.97 Å². The van der Waals surface area contributed by atoms with Crippen molar-refractivity contribution >= 4 is 5.97 Å². The molecule has 0 spiro atoms. The number of nitrogens with zero attached hydrogens (tertiary/aromatic N) is 1. The quantitative estimate of drug-likeness (QED) is 0.642. The maximum absolute atomic E-state index is 11.0. The standard InChI is InChI=1S/C12H25NO2/c1-4-7-8-11(12(14)15)9-10-13(5-2)6-3/h11H,4-10H2,1-3H3,(H,14,15). The van der Waals surface area contributed by atoms with Crippen molar-refractivity contribution < 1.29 is 9.90 Å². The molecular formula is C12H25NO2. The molecule has 0 saturated heterocycles. The molecule has 0 amide bonds. The monoisotopic (exact) mass is 215 g/mol. The van der Waals surface area contributed by atoms with Gasteiger partial charge in [-0.1, -0.05) is 33.6 Å². The zero-order chi connectivity index (χ0) is 11.7. The summed E-state index contributed by atoms with van der Waals surface area (Å²) in [5, 5.41) is 9.04. The van der Waals surface area contributed by atoms with Gasteiger partial charge in [0, 0.05) is 0 Å². The first-order valence-electron chi connectivity index (χ1n) is 6.10. The first kappa shape index (κ1) is 14.4. The molecule has 0 rings (SSSR count). The summed E-state index contributed by atoms with van der Waals surface area (Å²) in [6, 6.07) is 0. The smallest absolute Gasteiger partial charge is 0.306 e. The van der Waals surface area contributed by atoms with E-state index in [4.69, 9.17) is 5.11 Å². The summed E-state index contributed by atoms with van der Waals surface area (Å²) >= 11 is 0. The highest BCUT2D eigenvalue weighted by Crippen LogP contribution is 2.13. The SMILES string of the molecule is CCCCC(CCN(CC)CC)C(=O)O. The molecule has 0 fully saturated rings. The molecule has 0 saturated carbocycles. The van der Waals surface area contributed by atoms with E-state index in [9.17, 15) is 4.79 Å². The third-order valence-electron chi connectivity index (χ3n) is 2.94. The van der Waals surface area contributed by atoms with E-state index in [0.717, 1.165) is 45.3 Å². The average molecular weight is 215 g/mol. The lowest BCUT2D eigenvalue weighted by molar-refractivity contribution is -0.142. The molecule has 3 heteroatoms. The van der Waals surface area contributed by atoms with Crippen LogP contribution < -0.4 is 0 Å². The predicted molar refractivity (Wildman–Crippen MR) is 63.1 cm³/mol. The molecule has 3 nitrogen and oxygen atoms in total. The van der Waals surface area contributed by atoms with Crippen LogP contribution in [0.2, 0.25) is 0 Å². The summed E-state index contributed by atoms with van der Waals surface area (Å²) in [7, 11) is 0. The molecule has 90 valence electrons. The van der Waals surface area contributed by atoms with Crippen LogP contribution in [-0.4, -0.2) is 35.6 Å². The summed E-state index contributed by atoms with van der Waals surface area (Å²) in [4.78, 5) is 13.3. The Morgan fingerprint density at radius 2 is 1.80 bits per heavy atom. The first-order chi connectivity index (χ1) is 7.15. The Bertz CT molecular complexity index is 167. The minimum Gasteiger partial charge on any atom is -0.481 e. The largest absolute Gasteiger partial charge is 0.481 e. The fourth-order valence-corrected chi connectivity index (χ4v) is 1.72. The van der Waals surface area contributed by atoms with E-state index in [1.165, 1.54) is 0 Å². The molecular weight excluding hydrogens is 190 g/mol. The van der Waals surface area contributed by atoms with E-state index >= 15 is 0 Å². The van der Waals surface area contributed by atoms with Gasteiger partial charge in [-0.3, -0.25) is 4.79 Å². The zero-order valence-electron chi connectivity index (χ0n) is 10.3. The Morgan fingerprint density at radius 1 is 1.20 bits per heavy atom. The number of rotatable bonds is 9. The third kappa shape index (κ3) is 6.50. The number of unbranched alkanes of at least 4 members (excludes halogenated alkanes) is 1. The van der Waals surface area contributed by atoms with Gasteiger partial charge in [-0.2, -0.15) is 0 Å². The molecule has 0 aliphatic rings. The number of aliphatic carboxylic acids is 1. The van der Waals surface area contributed by atoms with Gasteiger partial charge in [-0.15, -0.1) is 0 Å². The Balaban J connectivity index is 3.89. The highest BCUT2D eigenvalue weighted by atomic mass is 16.4. The molecule has 0 heterocycles. The van der Waals surface area contributed by atoms with Crippen molar-refractivity contribution in [2.45, 2.75) is 46.5 Å². The predicted octanol–water partition coefficient (Wildman–Crippen LogP) is 2.61. The Morgan fingerprint density at radius 3 is 2.20 bits per heavy atom. The van der Waals surface area contributed by atoms with E-state index in [-0.39, 0.29) is 5.92 Å². The van der Waals surface area contributed by atoms with Crippen LogP contribution in [0.15, 0.2) is 0 Å². The minimum atomic E-state index is -0.629. The van der Waals surface area contributed by atoms with E-state index in [1.54, 1.807) is 0 Å². The van der Waals surface area contributed by atoms with Gasteiger partial charge in [-0.25, -0.2) is 0 Å². The van der Waals surface area contributed by atoms with Gasteiger partial charge in [-0.05, 0) is 32.5 Å². The number of carboxylic acids is 1. The molecule has 0 aromatic rings. The van der Waals surface area contributed by atoms with Gasteiger partial charge in [0.25, 0.3) is 0 Å². The zero-order valence-corrected chi connectivity index (χ0v) is 10.3. The minimum absolute atomic E-state index is 0.148. The normalized spacial score (nSPS) is 13.1. The third-order valence-corrected chi connectivity index (χ3v) is 2.94. The Hall–Kier alpha value is -0.570. The van der Waals surface area contributed by atoms with Crippen LogP contribution in [0.5, 0.6) is 0 Å². The molecule has 1 atom stereocenters. The summed E-state index contributed by atoms with van der Waals surface area (Å²) in [6.07, 6.45) is 3.72. The summed E-state index contributed by atoms with van der Waals surface area (Å²) in [5.74, 6) is -0.777. The highest BCUT2D eigenvalue weighted by molar-refractivity contribution is 5.69. The van der Waals surface area contributed by atoms with Crippen molar-refractivity contribution in [2.24, 2.45) is 5.92 Å². The molecule has 0 radical (unpaired) electrons. The maximum Gasteiger partial charge on any atom is 0.306 e. The van der Waals surface area contributed by atoms with Crippen LogP contribution in [0, 0.1) is 5.92 Å². The molecule has 1 unspecified atom stereocenters. The van der Waals surface area contributed by atoms with Gasteiger partial charge < -0.3 is 10.0 Å². The molecule has 0 aromatic heterocycles. The van der Waals surface area contributed by atoms with Crippen molar-refractivity contribution in [3.05, 3.63) is 0 Å². The molecule has 0 aromatic carbocycles. The summed E-state index contributed by atoms with van der Waals surface area (Å²) in [6.45, 7) is 9.26. The highest BCUT2D eigenvalue weighted by Gasteiger charge is 2.17. The Labute approximate surface area is 93.5 Å². The number of hydrogen-bond donors (Lipinski definition) is 1. The Kier molecular flexibility index (Phi) is 8.38. The second-order valence-electron chi connectivity index (χ2n) is 3.99. The summed E-state index contributed by atoms with van der Waals surface area (Å²) < 4.78 is 0. The second-order valence-corrected chi connectivity index (χ2v) is 3.99. The molecule has 0 bridgehead atoms. The number of hydrogen-bond acceptors (Lipinski definition) is 2. The maximum atomic E-state index is 11.0. The van der Waals surface area contributed by atoms with Crippen LogP contribution in [0.1, 0.15) is 46.5 Å². The molecule has 0 aliphatic heterocycles. The summed E-state index contributed by atoms with van der Waals surface area (Å²) in [5.41, 5.74) is 0. The second kappa shape index (κ2) is 8.72. The molecule has 0 aliphatic carbocycles. The van der Waals surface area contributed by atoms with Crippen molar-refractivity contribution in [1.82, 2.24) is 4.90 Å². The average Bonchev–Trinajstić information content (AvgIpc) is 2.23. The lowest BCUT2D eigenvalue weighted by atomic mass is 9.98. The fourth-order valence-electron chi connectivity index (χ4n) is 1.72. The van der Waals surface area contributed by atoms with Crippen molar-refractivity contribution in [3.8, 4) is 0 Å². The first-order valence-corrected chi connectivity index (χ1v) is 6.10. The van der Waals surface area contributed by atoms with Gasteiger partial charge in [0.15, 0.2) is 0 Å². The number of carbonyl (C=O) groups is 1. The van der Waals surface area contributed by atoms with Crippen LogP contribution in [0.25, 0.3) is 0 Å². The number of carboxylic acid groups (broad SMARTS) is 1.